The standard InChI is InChI=1S/C24H24N4O2/c1-4-13-27(16-20-9-7-19(15-25)8-10-20)24(30)21-11-12-23(29)28(26-21)22-14-17(2)5-6-18(22)3/h4-10,14H,1,11-13,16H2,2-3H3. The zero-order valence-corrected chi connectivity index (χ0v) is 17.3. The van der Waals surface area contributed by atoms with Gasteiger partial charge in [0.2, 0.25) is 5.91 Å². The maximum atomic E-state index is 13.2. The van der Waals surface area contributed by atoms with Crippen molar-refractivity contribution in [1.82, 2.24) is 4.90 Å². The van der Waals surface area contributed by atoms with Crippen LogP contribution in [0.3, 0.4) is 0 Å². The second-order valence-corrected chi connectivity index (χ2v) is 7.33. The highest BCUT2D eigenvalue weighted by Crippen LogP contribution is 2.26. The van der Waals surface area contributed by atoms with E-state index >= 15 is 0 Å². The summed E-state index contributed by atoms with van der Waals surface area (Å²) in [7, 11) is 0. The molecule has 3 rings (SSSR count). The zero-order valence-electron chi connectivity index (χ0n) is 17.3. The van der Waals surface area contributed by atoms with Crippen LogP contribution in [0.1, 0.15) is 35.1 Å². The van der Waals surface area contributed by atoms with Crippen LogP contribution in [0.2, 0.25) is 0 Å². The van der Waals surface area contributed by atoms with Gasteiger partial charge in [0.15, 0.2) is 0 Å². The van der Waals surface area contributed by atoms with Crippen molar-refractivity contribution < 1.29 is 9.59 Å². The first-order valence-corrected chi connectivity index (χ1v) is 9.80. The number of amides is 2. The summed E-state index contributed by atoms with van der Waals surface area (Å²) in [6.45, 7) is 8.35. The van der Waals surface area contributed by atoms with E-state index in [1.54, 1.807) is 23.1 Å². The van der Waals surface area contributed by atoms with Gasteiger partial charge < -0.3 is 4.90 Å². The predicted octanol–water partition coefficient (Wildman–Crippen LogP) is 3.87. The molecule has 6 heteroatoms. The summed E-state index contributed by atoms with van der Waals surface area (Å²) in [5, 5.41) is 14.7. The van der Waals surface area contributed by atoms with E-state index in [1.807, 2.05) is 44.2 Å². The number of nitrogens with zero attached hydrogens (tertiary/aromatic N) is 4. The molecule has 2 aromatic rings. The fourth-order valence-electron chi connectivity index (χ4n) is 3.31. The molecule has 0 spiro atoms. The smallest absolute Gasteiger partial charge is 0.270 e. The molecule has 0 aliphatic carbocycles. The highest BCUT2D eigenvalue weighted by atomic mass is 16.2. The van der Waals surface area contributed by atoms with E-state index < -0.39 is 0 Å². The van der Waals surface area contributed by atoms with Crippen LogP contribution in [-0.2, 0) is 16.1 Å². The Balaban J connectivity index is 1.87. The van der Waals surface area contributed by atoms with Crippen LogP contribution in [0.25, 0.3) is 0 Å². The zero-order chi connectivity index (χ0) is 21.7. The van der Waals surface area contributed by atoms with E-state index in [0.29, 0.717) is 36.5 Å². The van der Waals surface area contributed by atoms with Crippen LogP contribution in [0.5, 0.6) is 0 Å². The number of aryl methyl sites for hydroxylation is 2. The lowest BCUT2D eigenvalue weighted by Gasteiger charge is -2.28. The number of benzene rings is 2. The number of anilines is 1. The highest BCUT2D eigenvalue weighted by molar-refractivity contribution is 6.40. The second-order valence-electron chi connectivity index (χ2n) is 7.33. The average molecular weight is 400 g/mol. The first-order valence-electron chi connectivity index (χ1n) is 9.80. The minimum absolute atomic E-state index is 0.123. The topological polar surface area (TPSA) is 76.8 Å². The van der Waals surface area contributed by atoms with Crippen LogP contribution in [-0.4, -0.2) is 29.0 Å². The molecule has 0 aromatic heterocycles. The Hall–Kier alpha value is -3.72. The summed E-state index contributed by atoms with van der Waals surface area (Å²) in [6, 6.07) is 15.0. The van der Waals surface area contributed by atoms with Gasteiger partial charge in [0, 0.05) is 25.9 Å². The molecule has 0 N–H and O–H groups in total. The first-order chi connectivity index (χ1) is 14.4. The Morgan fingerprint density at radius 3 is 2.63 bits per heavy atom. The van der Waals surface area contributed by atoms with E-state index in [2.05, 4.69) is 17.7 Å². The molecule has 30 heavy (non-hydrogen) atoms. The summed E-state index contributed by atoms with van der Waals surface area (Å²) >= 11 is 0. The van der Waals surface area contributed by atoms with Gasteiger partial charge in [0.05, 0.1) is 17.3 Å². The summed E-state index contributed by atoms with van der Waals surface area (Å²) < 4.78 is 0. The lowest BCUT2D eigenvalue weighted by Crippen LogP contribution is -2.41. The number of carbonyl (C=O) groups is 2. The van der Waals surface area contributed by atoms with Crippen LogP contribution in [0.15, 0.2) is 60.2 Å². The molecule has 152 valence electrons. The van der Waals surface area contributed by atoms with Gasteiger partial charge in [0.25, 0.3) is 5.91 Å². The number of hydrazone groups is 1. The van der Waals surface area contributed by atoms with E-state index in [0.717, 1.165) is 16.7 Å². The highest BCUT2D eigenvalue weighted by Gasteiger charge is 2.29. The summed E-state index contributed by atoms with van der Waals surface area (Å²) in [5.74, 6) is -0.343. The molecule has 0 saturated heterocycles. The van der Waals surface area contributed by atoms with E-state index in [4.69, 9.17) is 5.26 Å². The fraction of sp³-hybridized carbons (Fsp3) is 0.250. The molecule has 1 aliphatic rings. The largest absolute Gasteiger partial charge is 0.330 e. The third-order valence-electron chi connectivity index (χ3n) is 4.97. The average Bonchev–Trinajstić information content (AvgIpc) is 2.75. The molecule has 0 unspecified atom stereocenters. The Morgan fingerprint density at radius 1 is 1.23 bits per heavy atom. The van der Waals surface area contributed by atoms with Crippen molar-refractivity contribution in [3.05, 3.63) is 77.4 Å². The van der Waals surface area contributed by atoms with Crippen molar-refractivity contribution >= 4 is 23.2 Å². The predicted molar refractivity (Wildman–Crippen MR) is 117 cm³/mol. The summed E-state index contributed by atoms with van der Waals surface area (Å²) in [4.78, 5) is 27.4. The van der Waals surface area contributed by atoms with Crippen LogP contribution >= 0.6 is 0 Å². The fourth-order valence-corrected chi connectivity index (χ4v) is 3.31. The molecule has 2 aromatic carbocycles. The maximum Gasteiger partial charge on any atom is 0.270 e. The number of hydrogen-bond donors (Lipinski definition) is 0. The normalized spacial score (nSPS) is 13.4. The van der Waals surface area contributed by atoms with Gasteiger partial charge in [-0.25, -0.2) is 5.01 Å². The van der Waals surface area contributed by atoms with E-state index in [9.17, 15) is 9.59 Å². The van der Waals surface area contributed by atoms with Crippen molar-refractivity contribution in [2.24, 2.45) is 5.10 Å². The van der Waals surface area contributed by atoms with E-state index in [1.165, 1.54) is 5.01 Å². The van der Waals surface area contributed by atoms with Crippen LogP contribution < -0.4 is 5.01 Å². The quantitative estimate of drug-likeness (QED) is 0.691. The number of nitriles is 1. The lowest BCUT2D eigenvalue weighted by molar-refractivity contribution is -0.124. The molecule has 0 radical (unpaired) electrons. The number of carbonyl (C=O) groups excluding carboxylic acids is 2. The molecular weight excluding hydrogens is 376 g/mol. The monoisotopic (exact) mass is 400 g/mol. The molecule has 6 nitrogen and oxygen atoms in total. The molecule has 2 amide bonds. The van der Waals surface area contributed by atoms with Gasteiger partial charge in [-0.2, -0.15) is 10.4 Å². The van der Waals surface area contributed by atoms with Gasteiger partial charge in [0.1, 0.15) is 5.71 Å². The molecule has 0 bridgehead atoms. The van der Waals surface area contributed by atoms with Crippen LogP contribution in [0.4, 0.5) is 5.69 Å². The number of hydrogen-bond acceptors (Lipinski definition) is 4. The molecular formula is C24H24N4O2. The van der Waals surface area contributed by atoms with Crippen molar-refractivity contribution in [3.63, 3.8) is 0 Å². The van der Waals surface area contributed by atoms with Gasteiger partial charge in [-0.15, -0.1) is 6.58 Å². The van der Waals surface area contributed by atoms with Gasteiger partial charge >= 0.3 is 0 Å². The van der Waals surface area contributed by atoms with Crippen molar-refractivity contribution in [2.45, 2.75) is 33.2 Å². The maximum absolute atomic E-state index is 13.2. The SMILES string of the molecule is C=CCN(Cc1ccc(C#N)cc1)C(=O)C1=NN(c2cc(C)ccc2C)C(=O)CC1. The van der Waals surface area contributed by atoms with E-state index in [-0.39, 0.29) is 18.2 Å². The minimum Gasteiger partial charge on any atom is -0.330 e. The summed E-state index contributed by atoms with van der Waals surface area (Å²) in [5.41, 5.74) is 4.47. The first kappa shape index (κ1) is 21.0. The van der Waals surface area contributed by atoms with Gasteiger partial charge in [-0.05, 0) is 48.7 Å². The van der Waals surface area contributed by atoms with Crippen molar-refractivity contribution in [1.29, 1.82) is 5.26 Å². The van der Waals surface area contributed by atoms with Gasteiger partial charge in [-0.1, -0.05) is 30.3 Å². The second kappa shape index (κ2) is 9.19. The lowest BCUT2D eigenvalue weighted by atomic mass is 10.1. The Labute approximate surface area is 176 Å². The van der Waals surface area contributed by atoms with Crippen molar-refractivity contribution in [3.8, 4) is 6.07 Å². The number of rotatable bonds is 6. The summed E-state index contributed by atoms with van der Waals surface area (Å²) in [6.07, 6.45) is 2.20. The van der Waals surface area contributed by atoms with Crippen molar-refractivity contribution in [2.75, 3.05) is 11.6 Å². The third kappa shape index (κ3) is 4.64. The Kier molecular flexibility index (Phi) is 6.43. The van der Waals surface area contributed by atoms with Crippen LogP contribution in [0, 0.1) is 25.2 Å². The molecule has 1 aliphatic heterocycles. The van der Waals surface area contributed by atoms with Gasteiger partial charge in [-0.3, -0.25) is 9.59 Å². The molecule has 0 atom stereocenters. The minimum atomic E-state index is -0.220. The third-order valence-corrected chi connectivity index (χ3v) is 4.97. The molecule has 1 heterocycles. The molecule has 0 saturated carbocycles. The Morgan fingerprint density at radius 2 is 1.97 bits per heavy atom. The molecule has 0 fully saturated rings. The Bertz CT molecular complexity index is 1050.